The average molecular weight is 404 g/mol. The minimum Gasteiger partial charge on any atom is -0.379 e. The Morgan fingerprint density at radius 1 is 1.11 bits per heavy atom. The number of amides is 1. The molecule has 9 heteroatoms. The number of carbonyl (C=O) groups is 1. The summed E-state index contributed by atoms with van der Waals surface area (Å²) in [5.41, 5.74) is 1.16. The SMILES string of the molecule is O=C(CNc1ccc(S(=O)(=O)N2CCOCC2)cn1)NCCc1ccccc1. The Morgan fingerprint density at radius 3 is 2.54 bits per heavy atom. The Bertz CT molecular complexity index is 867. The van der Waals surface area contributed by atoms with Gasteiger partial charge in [-0.05, 0) is 24.1 Å². The third kappa shape index (κ3) is 5.51. The number of carbonyl (C=O) groups excluding carboxylic acids is 1. The first-order chi connectivity index (χ1) is 13.6. The predicted molar refractivity (Wildman–Crippen MR) is 105 cm³/mol. The Kier molecular flexibility index (Phi) is 6.96. The van der Waals surface area contributed by atoms with E-state index in [-0.39, 0.29) is 17.3 Å². The summed E-state index contributed by atoms with van der Waals surface area (Å²) in [5.74, 6) is 0.293. The molecule has 0 radical (unpaired) electrons. The fraction of sp³-hybridized carbons (Fsp3) is 0.368. The van der Waals surface area contributed by atoms with E-state index < -0.39 is 10.0 Å². The monoisotopic (exact) mass is 404 g/mol. The number of benzene rings is 1. The van der Waals surface area contributed by atoms with Gasteiger partial charge in [-0.25, -0.2) is 13.4 Å². The Morgan fingerprint density at radius 2 is 1.86 bits per heavy atom. The van der Waals surface area contributed by atoms with E-state index in [1.165, 1.54) is 16.6 Å². The van der Waals surface area contributed by atoms with Gasteiger partial charge < -0.3 is 15.4 Å². The van der Waals surface area contributed by atoms with Gasteiger partial charge in [0.15, 0.2) is 0 Å². The van der Waals surface area contributed by atoms with E-state index >= 15 is 0 Å². The number of morpholine rings is 1. The molecule has 2 heterocycles. The fourth-order valence-electron chi connectivity index (χ4n) is 2.80. The molecule has 0 bridgehead atoms. The van der Waals surface area contributed by atoms with Crippen LogP contribution in [0.3, 0.4) is 0 Å². The smallest absolute Gasteiger partial charge is 0.244 e. The normalized spacial score (nSPS) is 15.1. The van der Waals surface area contributed by atoms with Gasteiger partial charge in [0.1, 0.15) is 10.7 Å². The first-order valence-electron chi connectivity index (χ1n) is 9.14. The van der Waals surface area contributed by atoms with Crippen molar-refractivity contribution in [3.05, 3.63) is 54.2 Å². The zero-order valence-electron chi connectivity index (χ0n) is 15.5. The molecule has 28 heavy (non-hydrogen) atoms. The lowest BCUT2D eigenvalue weighted by molar-refractivity contribution is -0.119. The number of rotatable bonds is 8. The quantitative estimate of drug-likeness (QED) is 0.677. The second-order valence-electron chi connectivity index (χ2n) is 6.33. The summed E-state index contributed by atoms with van der Waals surface area (Å²) in [6.45, 7) is 2.08. The minimum absolute atomic E-state index is 0.0668. The lowest BCUT2D eigenvalue weighted by atomic mass is 10.1. The predicted octanol–water partition coefficient (Wildman–Crippen LogP) is 0.873. The Hall–Kier alpha value is -2.49. The van der Waals surface area contributed by atoms with E-state index in [1.54, 1.807) is 6.07 Å². The van der Waals surface area contributed by atoms with Crippen molar-refractivity contribution in [3.8, 4) is 0 Å². The number of sulfonamides is 1. The largest absolute Gasteiger partial charge is 0.379 e. The van der Waals surface area contributed by atoms with Crippen LogP contribution in [0.2, 0.25) is 0 Å². The van der Waals surface area contributed by atoms with Crippen molar-refractivity contribution < 1.29 is 17.9 Å². The molecule has 3 rings (SSSR count). The number of hydrogen-bond acceptors (Lipinski definition) is 6. The van der Waals surface area contributed by atoms with Crippen molar-refractivity contribution in [3.63, 3.8) is 0 Å². The van der Waals surface area contributed by atoms with E-state index in [4.69, 9.17) is 4.74 Å². The number of aromatic nitrogens is 1. The van der Waals surface area contributed by atoms with Crippen LogP contribution in [0.5, 0.6) is 0 Å². The molecule has 1 saturated heterocycles. The van der Waals surface area contributed by atoms with Gasteiger partial charge in [0.25, 0.3) is 0 Å². The molecule has 0 spiro atoms. The van der Waals surface area contributed by atoms with Gasteiger partial charge in [-0.1, -0.05) is 30.3 Å². The molecular formula is C19H24N4O4S. The highest BCUT2D eigenvalue weighted by Crippen LogP contribution is 2.17. The Labute approximate surface area is 165 Å². The van der Waals surface area contributed by atoms with Crippen LogP contribution in [0.1, 0.15) is 5.56 Å². The van der Waals surface area contributed by atoms with Crippen molar-refractivity contribution in [1.82, 2.24) is 14.6 Å². The Balaban J connectivity index is 1.45. The van der Waals surface area contributed by atoms with Crippen LogP contribution in [-0.4, -0.2) is 63.0 Å². The number of ether oxygens (including phenoxy) is 1. The summed E-state index contributed by atoms with van der Waals surface area (Å²) < 4.78 is 31.7. The van der Waals surface area contributed by atoms with Crippen LogP contribution in [0.15, 0.2) is 53.6 Å². The van der Waals surface area contributed by atoms with Gasteiger partial charge in [0.05, 0.1) is 19.8 Å². The molecule has 0 atom stereocenters. The van der Waals surface area contributed by atoms with Gasteiger partial charge >= 0.3 is 0 Å². The number of hydrogen-bond donors (Lipinski definition) is 2. The molecule has 0 unspecified atom stereocenters. The third-order valence-electron chi connectivity index (χ3n) is 4.35. The summed E-state index contributed by atoms with van der Waals surface area (Å²) in [7, 11) is -3.56. The topological polar surface area (TPSA) is 101 Å². The highest BCUT2D eigenvalue weighted by molar-refractivity contribution is 7.89. The fourth-order valence-corrected chi connectivity index (χ4v) is 4.15. The summed E-state index contributed by atoms with van der Waals surface area (Å²) in [4.78, 5) is 16.2. The zero-order valence-corrected chi connectivity index (χ0v) is 16.3. The number of anilines is 1. The maximum Gasteiger partial charge on any atom is 0.244 e. The van der Waals surface area contributed by atoms with Gasteiger partial charge in [-0.2, -0.15) is 4.31 Å². The molecular weight excluding hydrogens is 380 g/mol. The first-order valence-corrected chi connectivity index (χ1v) is 10.6. The average Bonchev–Trinajstić information content (AvgIpc) is 2.74. The molecule has 1 aromatic heterocycles. The molecule has 1 amide bonds. The van der Waals surface area contributed by atoms with E-state index in [0.717, 1.165) is 12.0 Å². The minimum atomic E-state index is -3.56. The molecule has 8 nitrogen and oxygen atoms in total. The standard InChI is InChI=1S/C19H24N4O4S/c24-19(20-9-8-16-4-2-1-3-5-16)15-22-18-7-6-17(14-21-18)28(25,26)23-10-12-27-13-11-23/h1-7,14H,8-13,15H2,(H,20,24)(H,21,22). The van der Waals surface area contributed by atoms with Gasteiger partial charge in [-0.15, -0.1) is 0 Å². The van der Waals surface area contributed by atoms with Crippen molar-refractivity contribution in [2.75, 3.05) is 44.7 Å². The van der Waals surface area contributed by atoms with Crippen LogP contribution in [0.25, 0.3) is 0 Å². The second-order valence-corrected chi connectivity index (χ2v) is 8.27. The number of nitrogens with zero attached hydrogens (tertiary/aromatic N) is 2. The van der Waals surface area contributed by atoms with E-state index in [9.17, 15) is 13.2 Å². The van der Waals surface area contributed by atoms with Gasteiger partial charge in [0, 0.05) is 25.8 Å². The molecule has 1 aromatic carbocycles. The number of nitrogens with one attached hydrogen (secondary N) is 2. The van der Waals surface area contributed by atoms with Crippen LogP contribution in [-0.2, 0) is 26.0 Å². The van der Waals surface area contributed by atoms with E-state index in [0.29, 0.717) is 38.7 Å². The van der Waals surface area contributed by atoms with E-state index in [1.807, 2.05) is 30.3 Å². The van der Waals surface area contributed by atoms with Crippen LogP contribution in [0.4, 0.5) is 5.82 Å². The molecule has 0 aliphatic carbocycles. The molecule has 1 aliphatic heterocycles. The molecule has 0 saturated carbocycles. The zero-order chi connectivity index (χ0) is 19.8. The molecule has 2 N–H and O–H groups in total. The van der Waals surface area contributed by atoms with Crippen molar-refractivity contribution >= 4 is 21.7 Å². The second kappa shape index (κ2) is 9.63. The lowest BCUT2D eigenvalue weighted by Crippen LogP contribution is -2.40. The van der Waals surface area contributed by atoms with Gasteiger partial charge in [0.2, 0.25) is 15.9 Å². The summed E-state index contributed by atoms with van der Waals surface area (Å²) in [5, 5.41) is 5.74. The molecule has 1 aliphatic rings. The van der Waals surface area contributed by atoms with Crippen molar-refractivity contribution in [2.45, 2.75) is 11.3 Å². The summed E-state index contributed by atoms with van der Waals surface area (Å²) >= 11 is 0. The van der Waals surface area contributed by atoms with Crippen molar-refractivity contribution in [1.29, 1.82) is 0 Å². The van der Waals surface area contributed by atoms with E-state index in [2.05, 4.69) is 15.6 Å². The van der Waals surface area contributed by atoms with Crippen molar-refractivity contribution in [2.24, 2.45) is 0 Å². The third-order valence-corrected chi connectivity index (χ3v) is 6.24. The highest BCUT2D eigenvalue weighted by atomic mass is 32.2. The lowest BCUT2D eigenvalue weighted by Gasteiger charge is -2.25. The number of pyridine rings is 1. The van der Waals surface area contributed by atoms with Crippen LogP contribution in [0, 0.1) is 0 Å². The maximum atomic E-state index is 12.5. The van der Waals surface area contributed by atoms with Crippen LogP contribution >= 0.6 is 0 Å². The van der Waals surface area contributed by atoms with Crippen LogP contribution < -0.4 is 10.6 Å². The summed E-state index contributed by atoms with van der Waals surface area (Å²) in [6, 6.07) is 13.0. The summed E-state index contributed by atoms with van der Waals surface area (Å²) in [6.07, 6.45) is 2.07. The molecule has 1 fully saturated rings. The van der Waals surface area contributed by atoms with Gasteiger partial charge in [-0.3, -0.25) is 4.79 Å². The first kappa shape index (κ1) is 20.2. The molecule has 2 aromatic rings. The maximum absolute atomic E-state index is 12.5. The highest BCUT2D eigenvalue weighted by Gasteiger charge is 2.26. The molecule has 150 valence electrons.